The van der Waals surface area contributed by atoms with Gasteiger partial charge in [0.2, 0.25) is 5.91 Å². The maximum atomic E-state index is 13.3. The van der Waals surface area contributed by atoms with Gasteiger partial charge in [-0.2, -0.15) is 0 Å². The van der Waals surface area contributed by atoms with Crippen molar-refractivity contribution in [3.05, 3.63) is 53.9 Å². The van der Waals surface area contributed by atoms with E-state index in [9.17, 15) is 18.8 Å². The molecule has 0 atom stereocenters. The van der Waals surface area contributed by atoms with E-state index in [1.807, 2.05) is 0 Å². The third-order valence-corrected chi connectivity index (χ3v) is 4.65. The van der Waals surface area contributed by atoms with Crippen LogP contribution in [0.15, 0.2) is 48.1 Å². The molecule has 0 radical (unpaired) electrons. The number of allylic oxidation sites excluding steroid dienone is 1. The van der Waals surface area contributed by atoms with Crippen molar-refractivity contribution in [3.8, 4) is 11.1 Å². The molecule has 0 fully saturated rings. The van der Waals surface area contributed by atoms with Crippen LogP contribution in [-0.2, 0) is 14.4 Å². The standard InChI is InChI=1S/C21H22FN5O3/c1-26(2)21(30)20-15(13-28)4-3-7-27(20)12-19(29)25-18-6-5-14(10-24-18)16-8-17(22)11-23-9-16/h5-6,8-11,13H,3-4,7,12H2,1-2H3,(H,24,25,29). The second-order valence-corrected chi connectivity index (χ2v) is 7.09. The lowest BCUT2D eigenvalue weighted by atomic mass is 10.0. The number of amides is 2. The van der Waals surface area contributed by atoms with E-state index in [2.05, 4.69) is 15.3 Å². The van der Waals surface area contributed by atoms with Crippen LogP contribution in [-0.4, -0.2) is 65.1 Å². The van der Waals surface area contributed by atoms with Crippen molar-refractivity contribution in [1.82, 2.24) is 19.8 Å². The summed E-state index contributed by atoms with van der Waals surface area (Å²) in [6.45, 7) is 0.419. The van der Waals surface area contributed by atoms with Crippen molar-refractivity contribution in [1.29, 1.82) is 0 Å². The average Bonchev–Trinajstić information content (AvgIpc) is 2.73. The Morgan fingerprint density at radius 3 is 2.67 bits per heavy atom. The zero-order chi connectivity index (χ0) is 21.7. The van der Waals surface area contributed by atoms with Gasteiger partial charge in [0.15, 0.2) is 0 Å². The Balaban J connectivity index is 1.70. The fourth-order valence-electron chi connectivity index (χ4n) is 3.21. The van der Waals surface area contributed by atoms with Gasteiger partial charge in [-0.15, -0.1) is 0 Å². The molecule has 0 aliphatic carbocycles. The van der Waals surface area contributed by atoms with Gasteiger partial charge in [-0.05, 0) is 31.0 Å². The molecular weight excluding hydrogens is 389 g/mol. The zero-order valence-electron chi connectivity index (χ0n) is 16.8. The smallest absolute Gasteiger partial charge is 0.270 e. The quantitative estimate of drug-likeness (QED) is 0.729. The van der Waals surface area contributed by atoms with Gasteiger partial charge in [-0.25, -0.2) is 9.37 Å². The fourth-order valence-corrected chi connectivity index (χ4v) is 3.21. The second kappa shape index (κ2) is 9.25. The van der Waals surface area contributed by atoms with Gasteiger partial charge in [0.05, 0.1) is 12.7 Å². The highest BCUT2D eigenvalue weighted by Crippen LogP contribution is 2.23. The molecule has 1 aliphatic heterocycles. The molecule has 2 amide bonds. The van der Waals surface area contributed by atoms with Gasteiger partial charge in [-0.1, -0.05) is 0 Å². The summed E-state index contributed by atoms with van der Waals surface area (Å²) in [5.74, 6) is -0.794. The topological polar surface area (TPSA) is 95.5 Å². The monoisotopic (exact) mass is 411 g/mol. The van der Waals surface area contributed by atoms with Gasteiger partial charge in [0, 0.05) is 49.7 Å². The van der Waals surface area contributed by atoms with E-state index < -0.39 is 5.82 Å². The van der Waals surface area contributed by atoms with E-state index in [1.165, 1.54) is 23.4 Å². The number of rotatable bonds is 6. The molecule has 3 rings (SSSR count). The van der Waals surface area contributed by atoms with Crippen molar-refractivity contribution in [3.63, 3.8) is 0 Å². The largest absolute Gasteiger partial charge is 0.357 e. The lowest BCUT2D eigenvalue weighted by Gasteiger charge is -2.32. The van der Waals surface area contributed by atoms with E-state index in [4.69, 9.17) is 0 Å². The van der Waals surface area contributed by atoms with Crippen LogP contribution in [0.4, 0.5) is 10.2 Å². The Hall–Kier alpha value is -3.62. The summed E-state index contributed by atoms with van der Waals surface area (Å²) >= 11 is 0. The molecular formula is C21H22FN5O3. The van der Waals surface area contributed by atoms with Gasteiger partial charge >= 0.3 is 0 Å². The lowest BCUT2D eigenvalue weighted by Crippen LogP contribution is -2.42. The number of pyridine rings is 2. The molecule has 9 heteroatoms. The molecule has 0 saturated heterocycles. The van der Waals surface area contributed by atoms with Crippen LogP contribution in [0.25, 0.3) is 11.1 Å². The third kappa shape index (κ3) is 4.86. The van der Waals surface area contributed by atoms with E-state index in [-0.39, 0.29) is 24.1 Å². The van der Waals surface area contributed by atoms with Crippen molar-refractivity contribution >= 4 is 23.9 Å². The Morgan fingerprint density at radius 1 is 1.23 bits per heavy atom. The van der Waals surface area contributed by atoms with Crippen LogP contribution in [0, 0.1) is 5.82 Å². The number of nitrogens with one attached hydrogen (secondary N) is 1. The summed E-state index contributed by atoms with van der Waals surface area (Å²) in [7, 11) is 3.20. The Bertz CT molecular complexity index is 988. The molecule has 1 aliphatic rings. The Kier molecular flexibility index (Phi) is 6.51. The van der Waals surface area contributed by atoms with Crippen LogP contribution in [0.5, 0.6) is 0 Å². The predicted octanol–water partition coefficient (Wildman–Crippen LogP) is 1.86. The molecule has 0 saturated carbocycles. The van der Waals surface area contributed by atoms with E-state index in [0.717, 1.165) is 6.20 Å². The predicted molar refractivity (Wildman–Crippen MR) is 109 cm³/mol. The molecule has 0 aromatic carbocycles. The van der Waals surface area contributed by atoms with Crippen LogP contribution >= 0.6 is 0 Å². The van der Waals surface area contributed by atoms with Gasteiger partial charge < -0.3 is 15.1 Å². The minimum atomic E-state index is -0.447. The molecule has 2 aromatic rings. The molecule has 1 N–H and O–H groups in total. The van der Waals surface area contributed by atoms with E-state index in [1.54, 1.807) is 31.1 Å². The number of carbonyl (C=O) groups excluding carboxylic acids is 3. The van der Waals surface area contributed by atoms with E-state index >= 15 is 0 Å². The molecule has 30 heavy (non-hydrogen) atoms. The maximum Gasteiger partial charge on any atom is 0.270 e. The van der Waals surface area contributed by atoms with Gasteiger partial charge in [0.25, 0.3) is 5.91 Å². The van der Waals surface area contributed by atoms with Crippen molar-refractivity contribution < 1.29 is 18.8 Å². The highest BCUT2D eigenvalue weighted by Gasteiger charge is 2.28. The summed E-state index contributed by atoms with van der Waals surface area (Å²) in [5.41, 5.74) is 1.90. The van der Waals surface area contributed by atoms with Gasteiger partial charge in [-0.3, -0.25) is 19.4 Å². The molecule has 2 aromatic heterocycles. The Labute approximate surface area is 173 Å². The molecule has 0 bridgehead atoms. The molecule has 3 heterocycles. The van der Waals surface area contributed by atoms with Crippen molar-refractivity contribution in [2.24, 2.45) is 0 Å². The molecule has 156 valence electrons. The van der Waals surface area contributed by atoms with Crippen LogP contribution < -0.4 is 5.32 Å². The van der Waals surface area contributed by atoms with Gasteiger partial charge in [0.1, 0.15) is 23.6 Å². The third-order valence-electron chi connectivity index (χ3n) is 4.65. The number of hydrogen-bond donors (Lipinski definition) is 1. The zero-order valence-corrected chi connectivity index (χ0v) is 16.8. The number of nitrogens with zero attached hydrogens (tertiary/aromatic N) is 4. The number of carbonyl (C=O) groups is 3. The maximum absolute atomic E-state index is 13.3. The minimum Gasteiger partial charge on any atom is -0.357 e. The van der Waals surface area contributed by atoms with E-state index in [0.29, 0.717) is 48.2 Å². The lowest BCUT2D eigenvalue weighted by molar-refractivity contribution is -0.127. The van der Waals surface area contributed by atoms with Crippen LogP contribution in [0.1, 0.15) is 12.8 Å². The highest BCUT2D eigenvalue weighted by atomic mass is 19.1. The summed E-state index contributed by atoms with van der Waals surface area (Å²) in [6.07, 6.45) is 6.02. The Morgan fingerprint density at radius 2 is 2.03 bits per heavy atom. The number of hydrogen-bond acceptors (Lipinski definition) is 6. The summed E-state index contributed by atoms with van der Waals surface area (Å²) in [4.78, 5) is 47.4. The first-order valence-corrected chi connectivity index (χ1v) is 9.41. The molecule has 8 nitrogen and oxygen atoms in total. The number of aldehydes is 1. The van der Waals surface area contributed by atoms with Crippen LogP contribution in [0.3, 0.4) is 0 Å². The first kappa shape index (κ1) is 21.1. The summed E-state index contributed by atoms with van der Waals surface area (Å²) < 4.78 is 13.3. The number of likely N-dealkylation sites (N-methyl/N-ethyl adjacent to an activating group) is 1. The first-order valence-electron chi connectivity index (χ1n) is 9.41. The summed E-state index contributed by atoms with van der Waals surface area (Å²) in [5, 5.41) is 2.68. The SMILES string of the molecule is CN(C)C(=O)C1=C(C=O)CCCN1CC(=O)Nc1ccc(-c2cncc(F)c2)cn1. The molecule has 0 spiro atoms. The van der Waals surface area contributed by atoms with Crippen molar-refractivity contribution in [2.75, 3.05) is 32.5 Å². The average molecular weight is 411 g/mol. The number of anilines is 1. The minimum absolute atomic E-state index is 0.0799. The molecule has 0 unspecified atom stereocenters. The normalized spacial score (nSPS) is 13.8. The fraction of sp³-hybridized carbons (Fsp3) is 0.286. The first-order chi connectivity index (χ1) is 14.4. The second-order valence-electron chi connectivity index (χ2n) is 7.09. The van der Waals surface area contributed by atoms with Crippen molar-refractivity contribution in [2.45, 2.75) is 12.8 Å². The number of halogens is 1. The summed E-state index contributed by atoms with van der Waals surface area (Å²) in [6, 6.07) is 4.65. The van der Waals surface area contributed by atoms with Crippen LogP contribution in [0.2, 0.25) is 0 Å². The highest BCUT2D eigenvalue weighted by molar-refractivity contribution is 6.00. The number of aromatic nitrogens is 2.